The van der Waals surface area contributed by atoms with Crippen LogP contribution in [0.1, 0.15) is 32.1 Å². The van der Waals surface area contributed by atoms with Crippen LogP contribution >= 0.6 is 27.5 Å². The van der Waals surface area contributed by atoms with E-state index in [1.807, 2.05) is 35.0 Å². The Kier molecular flexibility index (Phi) is 4.08. The molecule has 0 radical (unpaired) electrons. The second-order valence-electron chi connectivity index (χ2n) is 9.94. The molecule has 0 bridgehead atoms. The molecule has 3 saturated carbocycles. The van der Waals surface area contributed by atoms with Gasteiger partial charge in [-0.05, 0) is 71.4 Å². The highest BCUT2D eigenvalue weighted by Crippen LogP contribution is 2.82. The maximum Gasteiger partial charge on any atom is 0.172 e. The Morgan fingerprint density at radius 2 is 2.00 bits per heavy atom. The maximum absolute atomic E-state index is 6.47. The third kappa shape index (κ3) is 2.91. The number of aromatic nitrogens is 3. The fourth-order valence-corrected chi connectivity index (χ4v) is 7.16. The van der Waals surface area contributed by atoms with Gasteiger partial charge in [-0.15, -0.1) is 0 Å². The van der Waals surface area contributed by atoms with Crippen LogP contribution in [-0.4, -0.2) is 44.7 Å². The number of nitrogens with one attached hydrogen (secondary N) is 1. The summed E-state index contributed by atoms with van der Waals surface area (Å²) in [6, 6.07) is 11.3. The normalized spacial score (nSPS) is 32.1. The van der Waals surface area contributed by atoms with Crippen molar-refractivity contribution in [1.29, 1.82) is 0 Å². The molecule has 1 N–H and O–H groups in total. The molecule has 3 unspecified atom stereocenters. The molecule has 4 fully saturated rings. The summed E-state index contributed by atoms with van der Waals surface area (Å²) in [5, 5.41) is 9.04. The third-order valence-corrected chi connectivity index (χ3v) is 9.27. The Labute approximate surface area is 195 Å². The standard InChI is InChI=1S/C24H25BrClN5/c25-18-13-27-31-22(10-20(29-23(18)31)16-3-1-2-4-19(16)26)28-15-5-7-30(8-6-15)21-9-14-11-24(14)12-17(21)24/h1-4,10,13-15,17,21,28H,5-9,11-12H2/t14?,17-,21?,24?/m1/s1. The lowest BCUT2D eigenvalue weighted by atomic mass is 9.99. The molecule has 7 heteroatoms. The zero-order valence-corrected chi connectivity index (χ0v) is 19.6. The van der Waals surface area contributed by atoms with Crippen molar-refractivity contribution in [3.8, 4) is 11.3 Å². The summed E-state index contributed by atoms with van der Waals surface area (Å²) in [4.78, 5) is 7.63. The van der Waals surface area contributed by atoms with Crippen molar-refractivity contribution in [1.82, 2.24) is 19.5 Å². The predicted octanol–water partition coefficient (Wildman–Crippen LogP) is 5.49. The van der Waals surface area contributed by atoms with Crippen molar-refractivity contribution in [2.75, 3.05) is 18.4 Å². The Morgan fingerprint density at radius 3 is 2.74 bits per heavy atom. The van der Waals surface area contributed by atoms with Crippen LogP contribution in [0.2, 0.25) is 5.02 Å². The van der Waals surface area contributed by atoms with Gasteiger partial charge < -0.3 is 5.32 Å². The summed E-state index contributed by atoms with van der Waals surface area (Å²) in [7, 11) is 0. The minimum absolute atomic E-state index is 0.452. The first-order chi connectivity index (χ1) is 15.1. The number of hydrogen-bond donors (Lipinski definition) is 1. The minimum atomic E-state index is 0.452. The minimum Gasteiger partial charge on any atom is -0.367 e. The second kappa shape index (κ2) is 6.69. The first-order valence-electron chi connectivity index (χ1n) is 11.4. The zero-order valence-electron chi connectivity index (χ0n) is 17.3. The molecule has 3 heterocycles. The van der Waals surface area contributed by atoms with Crippen LogP contribution in [0.5, 0.6) is 0 Å². The van der Waals surface area contributed by atoms with Crippen LogP contribution in [0.25, 0.3) is 16.9 Å². The van der Waals surface area contributed by atoms with Crippen molar-refractivity contribution in [2.24, 2.45) is 17.3 Å². The highest BCUT2D eigenvalue weighted by Gasteiger charge is 2.77. The molecule has 4 aliphatic rings. The summed E-state index contributed by atoms with van der Waals surface area (Å²) < 4.78 is 2.78. The molecule has 31 heavy (non-hydrogen) atoms. The van der Waals surface area contributed by atoms with E-state index in [-0.39, 0.29) is 0 Å². The number of fused-ring (bicyclic) bond motifs is 1. The first-order valence-corrected chi connectivity index (χ1v) is 12.6. The van der Waals surface area contributed by atoms with Gasteiger partial charge >= 0.3 is 0 Å². The van der Waals surface area contributed by atoms with Gasteiger partial charge in [-0.1, -0.05) is 29.8 Å². The molecule has 160 valence electrons. The quantitative estimate of drug-likeness (QED) is 0.517. The van der Waals surface area contributed by atoms with Gasteiger partial charge in [-0.2, -0.15) is 9.61 Å². The number of benzene rings is 1. The summed E-state index contributed by atoms with van der Waals surface area (Å²) in [5.74, 6) is 3.08. The second-order valence-corrected chi connectivity index (χ2v) is 11.2. The fourth-order valence-electron chi connectivity index (χ4n) is 6.58. The molecule has 1 aromatic carbocycles. The molecule has 5 nitrogen and oxygen atoms in total. The Balaban J connectivity index is 1.13. The Bertz CT molecular complexity index is 1190. The molecule has 1 spiro atoms. The van der Waals surface area contributed by atoms with Gasteiger partial charge in [-0.3, -0.25) is 4.90 Å². The van der Waals surface area contributed by atoms with Gasteiger partial charge in [0.25, 0.3) is 0 Å². The summed E-state index contributed by atoms with van der Waals surface area (Å²) in [6.07, 6.45) is 8.69. The van der Waals surface area contributed by atoms with E-state index in [4.69, 9.17) is 16.6 Å². The van der Waals surface area contributed by atoms with Gasteiger partial charge in [0.2, 0.25) is 0 Å². The van der Waals surface area contributed by atoms with Gasteiger partial charge in [0, 0.05) is 41.8 Å². The molecule has 2 aromatic heterocycles. The van der Waals surface area contributed by atoms with Crippen LogP contribution in [0.3, 0.4) is 0 Å². The van der Waals surface area contributed by atoms with Crippen LogP contribution in [0.4, 0.5) is 5.82 Å². The lowest BCUT2D eigenvalue weighted by Gasteiger charge is -2.37. The first kappa shape index (κ1) is 18.9. The van der Waals surface area contributed by atoms with Crippen molar-refractivity contribution in [2.45, 2.75) is 44.2 Å². The highest BCUT2D eigenvalue weighted by atomic mass is 79.9. The van der Waals surface area contributed by atoms with Gasteiger partial charge in [0.15, 0.2) is 5.65 Å². The zero-order chi connectivity index (χ0) is 20.7. The monoisotopic (exact) mass is 497 g/mol. The van der Waals surface area contributed by atoms with Crippen molar-refractivity contribution >= 4 is 39.0 Å². The maximum atomic E-state index is 6.47. The van der Waals surface area contributed by atoms with Crippen molar-refractivity contribution in [3.05, 3.63) is 46.0 Å². The van der Waals surface area contributed by atoms with E-state index in [2.05, 4.69) is 37.3 Å². The average Bonchev–Trinajstić information content (AvgIpc) is 3.62. The SMILES string of the molecule is Clc1ccccc1-c1cc(NC2CCN(C3CC4CC45C[C@H]35)CC2)n2ncc(Br)c2n1. The number of piperidine rings is 1. The van der Waals surface area contributed by atoms with Crippen LogP contribution in [-0.2, 0) is 0 Å². The lowest BCUT2D eigenvalue weighted by Crippen LogP contribution is -2.45. The largest absolute Gasteiger partial charge is 0.367 e. The van der Waals surface area contributed by atoms with Crippen LogP contribution in [0, 0.1) is 17.3 Å². The number of nitrogens with zero attached hydrogens (tertiary/aromatic N) is 4. The van der Waals surface area contributed by atoms with E-state index in [0.717, 1.165) is 50.5 Å². The van der Waals surface area contributed by atoms with Crippen LogP contribution in [0.15, 0.2) is 41.0 Å². The molecule has 0 amide bonds. The highest BCUT2D eigenvalue weighted by molar-refractivity contribution is 9.10. The number of anilines is 1. The molecule has 1 saturated heterocycles. The van der Waals surface area contributed by atoms with E-state index >= 15 is 0 Å². The molecule has 7 rings (SSSR count). The molecule has 1 aliphatic heterocycles. The van der Waals surface area contributed by atoms with Crippen molar-refractivity contribution < 1.29 is 0 Å². The van der Waals surface area contributed by atoms with Crippen LogP contribution < -0.4 is 5.32 Å². The molecule has 3 aliphatic carbocycles. The van der Waals surface area contributed by atoms with E-state index in [1.54, 1.807) is 0 Å². The van der Waals surface area contributed by atoms with Gasteiger partial charge in [0.1, 0.15) is 5.82 Å². The summed E-state index contributed by atoms with van der Waals surface area (Å²) in [6.45, 7) is 2.41. The van der Waals surface area contributed by atoms with Gasteiger partial charge in [0.05, 0.1) is 16.4 Å². The van der Waals surface area contributed by atoms with E-state index < -0.39 is 0 Å². The Hall–Kier alpha value is -1.63. The van der Waals surface area contributed by atoms with Gasteiger partial charge in [-0.25, -0.2) is 4.98 Å². The smallest absolute Gasteiger partial charge is 0.172 e. The Morgan fingerprint density at radius 1 is 1.16 bits per heavy atom. The number of likely N-dealkylation sites (tertiary alicyclic amines) is 1. The molecular weight excluding hydrogens is 474 g/mol. The van der Waals surface area contributed by atoms with E-state index in [1.165, 1.54) is 45.2 Å². The topological polar surface area (TPSA) is 45.5 Å². The fraction of sp³-hybridized carbons (Fsp3) is 0.500. The number of rotatable bonds is 4. The van der Waals surface area contributed by atoms with E-state index in [9.17, 15) is 0 Å². The number of hydrogen-bond acceptors (Lipinski definition) is 4. The van der Waals surface area contributed by atoms with Crippen molar-refractivity contribution in [3.63, 3.8) is 0 Å². The van der Waals surface area contributed by atoms with E-state index in [0.29, 0.717) is 11.1 Å². The molecule has 4 atom stereocenters. The summed E-state index contributed by atoms with van der Waals surface area (Å²) >= 11 is 10.1. The molecular formula is C24H25BrClN5. The summed E-state index contributed by atoms with van der Waals surface area (Å²) in [5.41, 5.74) is 3.45. The number of halogens is 2. The lowest BCUT2D eigenvalue weighted by molar-refractivity contribution is 0.137. The predicted molar refractivity (Wildman–Crippen MR) is 126 cm³/mol. The third-order valence-electron chi connectivity index (χ3n) is 8.38. The average molecular weight is 499 g/mol. The molecule has 3 aromatic rings.